The van der Waals surface area contributed by atoms with Gasteiger partial charge in [0.15, 0.2) is 0 Å². The minimum atomic E-state index is -0.469. The Balaban J connectivity index is 3.66. The number of rotatable bonds is 4. The van der Waals surface area contributed by atoms with E-state index in [4.69, 9.17) is 11.0 Å². The first-order chi connectivity index (χ1) is 5.59. The average molecular weight is 169 g/mol. The van der Waals surface area contributed by atoms with Crippen LogP contribution >= 0.6 is 0 Å². The molecule has 0 aromatic rings. The molecule has 0 spiro atoms. The third kappa shape index (κ3) is 3.94. The molecule has 0 aliphatic carbocycles. The van der Waals surface area contributed by atoms with Crippen molar-refractivity contribution in [2.75, 3.05) is 6.54 Å². The Morgan fingerprint density at radius 3 is 2.67 bits per heavy atom. The lowest BCUT2D eigenvalue weighted by molar-refractivity contribution is -0.123. The molecule has 4 heteroatoms. The van der Waals surface area contributed by atoms with Crippen molar-refractivity contribution in [3.8, 4) is 6.07 Å². The third-order valence-corrected chi connectivity index (χ3v) is 1.56. The van der Waals surface area contributed by atoms with Gasteiger partial charge in [-0.15, -0.1) is 0 Å². The number of amides is 1. The van der Waals surface area contributed by atoms with Crippen LogP contribution in [0.1, 0.15) is 20.3 Å². The monoisotopic (exact) mass is 169 g/mol. The number of nitriles is 1. The molecule has 0 heterocycles. The molecule has 68 valence electrons. The second-order valence-corrected chi connectivity index (χ2v) is 2.97. The standard InChI is InChI=1S/C8H15N3O/c1-6(2)7(10)8(12)11-5-3-4-9/h6-7H,3,5,10H2,1-2H3,(H,11,12)/t7-/m1/s1. The molecule has 3 N–H and O–H groups in total. The molecule has 0 radical (unpaired) electrons. The summed E-state index contributed by atoms with van der Waals surface area (Å²) in [7, 11) is 0. The Kier molecular flexibility index (Phi) is 5.06. The van der Waals surface area contributed by atoms with Gasteiger partial charge in [0.2, 0.25) is 5.91 Å². The van der Waals surface area contributed by atoms with Gasteiger partial charge in [-0.25, -0.2) is 0 Å². The summed E-state index contributed by atoms with van der Waals surface area (Å²) < 4.78 is 0. The Morgan fingerprint density at radius 1 is 1.67 bits per heavy atom. The van der Waals surface area contributed by atoms with Crippen molar-refractivity contribution >= 4 is 5.91 Å². The highest BCUT2D eigenvalue weighted by Gasteiger charge is 2.15. The molecule has 0 fully saturated rings. The normalized spacial score (nSPS) is 12.2. The minimum Gasteiger partial charge on any atom is -0.354 e. The van der Waals surface area contributed by atoms with Crippen molar-refractivity contribution in [2.45, 2.75) is 26.3 Å². The smallest absolute Gasteiger partial charge is 0.237 e. The van der Waals surface area contributed by atoms with Gasteiger partial charge in [0.1, 0.15) is 0 Å². The van der Waals surface area contributed by atoms with Crippen molar-refractivity contribution in [1.82, 2.24) is 5.32 Å². The molecular weight excluding hydrogens is 154 g/mol. The quantitative estimate of drug-likeness (QED) is 0.581. The van der Waals surface area contributed by atoms with Crippen LogP contribution in [0.15, 0.2) is 0 Å². The molecule has 0 aromatic heterocycles. The fourth-order valence-corrected chi connectivity index (χ4v) is 0.662. The van der Waals surface area contributed by atoms with E-state index in [9.17, 15) is 4.79 Å². The van der Waals surface area contributed by atoms with Crippen LogP contribution in [0.4, 0.5) is 0 Å². The molecule has 0 unspecified atom stereocenters. The first kappa shape index (κ1) is 10.9. The highest BCUT2D eigenvalue weighted by Crippen LogP contribution is 1.97. The number of nitrogens with two attached hydrogens (primary N) is 1. The van der Waals surface area contributed by atoms with Crippen LogP contribution in [0, 0.1) is 17.2 Å². The molecule has 0 aliphatic heterocycles. The molecule has 1 atom stereocenters. The van der Waals surface area contributed by atoms with Crippen LogP contribution in [-0.2, 0) is 4.79 Å². The third-order valence-electron chi connectivity index (χ3n) is 1.56. The fraction of sp³-hybridized carbons (Fsp3) is 0.750. The van der Waals surface area contributed by atoms with Gasteiger partial charge < -0.3 is 11.1 Å². The Hall–Kier alpha value is -1.08. The summed E-state index contributed by atoms with van der Waals surface area (Å²) >= 11 is 0. The molecule has 1 amide bonds. The number of hydrogen-bond acceptors (Lipinski definition) is 3. The maximum absolute atomic E-state index is 11.1. The molecule has 0 bridgehead atoms. The average Bonchev–Trinajstić information content (AvgIpc) is 2.03. The zero-order valence-corrected chi connectivity index (χ0v) is 7.50. The van der Waals surface area contributed by atoms with Crippen LogP contribution < -0.4 is 11.1 Å². The van der Waals surface area contributed by atoms with Crippen molar-refractivity contribution < 1.29 is 4.79 Å². The van der Waals surface area contributed by atoms with E-state index in [-0.39, 0.29) is 11.8 Å². The Bertz CT molecular complexity index is 183. The highest BCUT2D eigenvalue weighted by molar-refractivity contribution is 5.81. The predicted molar refractivity (Wildman–Crippen MR) is 46.1 cm³/mol. The van der Waals surface area contributed by atoms with E-state index >= 15 is 0 Å². The lowest BCUT2D eigenvalue weighted by Gasteiger charge is -2.14. The van der Waals surface area contributed by atoms with Gasteiger partial charge in [-0.2, -0.15) is 5.26 Å². The molecular formula is C8H15N3O. The molecule has 0 rings (SSSR count). The number of nitrogens with zero attached hydrogens (tertiary/aromatic N) is 1. The summed E-state index contributed by atoms with van der Waals surface area (Å²) in [6, 6.07) is 1.47. The first-order valence-corrected chi connectivity index (χ1v) is 3.99. The zero-order valence-electron chi connectivity index (χ0n) is 7.50. The highest BCUT2D eigenvalue weighted by atomic mass is 16.2. The summed E-state index contributed by atoms with van der Waals surface area (Å²) in [6.07, 6.45) is 0.330. The van der Waals surface area contributed by atoms with E-state index in [1.54, 1.807) is 0 Å². The molecule has 0 aromatic carbocycles. The minimum absolute atomic E-state index is 0.132. The Labute approximate surface area is 72.7 Å². The lowest BCUT2D eigenvalue weighted by Crippen LogP contribution is -2.44. The zero-order chi connectivity index (χ0) is 9.56. The van der Waals surface area contributed by atoms with Crippen molar-refractivity contribution in [1.29, 1.82) is 5.26 Å². The Morgan fingerprint density at radius 2 is 2.25 bits per heavy atom. The van der Waals surface area contributed by atoms with Crippen molar-refractivity contribution in [3.63, 3.8) is 0 Å². The summed E-state index contributed by atoms with van der Waals surface area (Å²) in [6.45, 7) is 4.15. The van der Waals surface area contributed by atoms with Crippen LogP contribution in [0.5, 0.6) is 0 Å². The van der Waals surface area contributed by atoms with Gasteiger partial charge in [-0.1, -0.05) is 13.8 Å². The summed E-state index contributed by atoms with van der Waals surface area (Å²) in [4.78, 5) is 11.1. The summed E-state index contributed by atoms with van der Waals surface area (Å²) in [5, 5.41) is 10.8. The second kappa shape index (κ2) is 5.56. The van der Waals surface area contributed by atoms with E-state index < -0.39 is 6.04 Å². The van der Waals surface area contributed by atoms with Gasteiger partial charge >= 0.3 is 0 Å². The fourth-order valence-electron chi connectivity index (χ4n) is 0.662. The van der Waals surface area contributed by atoms with Crippen molar-refractivity contribution in [3.05, 3.63) is 0 Å². The first-order valence-electron chi connectivity index (χ1n) is 3.99. The molecule has 12 heavy (non-hydrogen) atoms. The van der Waals surface area contributed by atoms with Gasteiger partial charge in [0, 0.05) is 6.54 Å². The van der Waals surface area contributed by atoms with E-state index in [1.165, 1.54) is 0 Å². The van der Waals surface area contributed by atoms with E-state index in [0.29, 0.717) is 13.0 Å². The summed E-state index contributed by atoms with van der Waals surface area (Å²) in [5.41, 5.74) is 5.55. The number of carbonyl (C=O) groups excluding carboxylic acids is 1. The molecule has 4 nitrogen and oxygen atoms in total. The molecule has 0 aliphatic rings. The maximum atomic E-state index is 11.1. The van der Waals surface area contributed by atoms with Crippen LogP contribution in [-0.4, -0.2) is 18.5 Å². The lowest BCUT2D eigenvalue weighted by atomic mass is 10.1. The number of carbonyl (C=O) groups is 1. The van der Waals surface area contributed by atoms with Crippen LogP contribution in [0.2, 0.25) is 0 Å². The second-order valence-electron chi connectivity index (χ2n) is 2.97. The van der Waals surface area contributed by atoms with Crippen LogP contribution in [0.25, 0.3) is 0 Å². The predicted octanol–water partition coefficient (Wildman–Crippen LogP) is -0.000420. The van der Waals surface area contributed by atoms with E-state index in [0.717, 1.165) is 0 Å². The summed E-state index contributed by atoms with van der Waals surface area (Å²) in [5.74, 6) is -0.0488. The van der Waals surface area contributed by atoms with E-state index in [1.807, 2.05) is 19.9 Å². The molecule has 0 saturated heterocycles. The largest absolute Gasteiger partial charge is 0.354 e. The number of nitrogens with one attached hydrogen (secondary N) is 1. The van der Waals surface area contributed by atoms with Crippen LogP contribution in [0.3, 0.4) is 0 Å². The van der Waals surface area contributed by atoms with Gasteiger partial charge in [-0.05, 0) is 5.92 Å². The van der Waals surface area contributed by atoms with Gasteiger partial charge in [0.05, 0.1) is 18.5 Å². The SMILES string of the molecule is CC(C)[C@@H](N)C(=O)NCCC#N. The molecule has 0 saturated carbocycles. The van der Waals surface area contributed by atoms with Crippen molar-refractivity contribution in [2.24, 2.45) is 11.7 Å². The van der Waals surface area contributed by atoms with Gasteiger partial charge in [-0.3, -0.25) is 4.79 Å². The topological polar surface area (TPSA) is 78.9 Å². The van der Waals surface area contributed by atoms with E-state index in [2.05, 4.69) is 5.32 Å². The number of hydrogen-bond donors (Lipinski definition) is 2. The van der Waals surface area contributed by atoms with Gasteiger partial charge in [0.25, 0.3) is 0 Å². The maximum Gasteiger partial charge on any atom is 0.237 e.